The van der Waals surface area contributed by atoms with E-state index in [4.69, 9.17) is 0 Å². The van der Waals surface area contributed by atoms with E-state index in [1.807, 2.05) is 13.8 Å². The highest BCUT2D eigenvalue weighted by atomic mass is 16.2. The molecule has 3 N–H and O–H groups in total. The molecule has 1 aromatic heterocycles. The Morgan fingerprint density at radius 1 is 1.47 bits per heavy atom. The Labute approximate surface area is 101 Å². The van der Waals surface area contributed by atoms with E-state index in [9.17, 15) is 4.79 Å². The summed E-state index contributed by atoms with van der Waals surface area (Å²) in [4.78, 5) is 11.9. The number of piperidine rings is 1. The van der Waals surface area contributed by atoms with Crippen molar-refractivity contribution in [2.24, 2.45) is 0 Å². The Balaban J connectivity index is 1.87. The van der Waals surface area contributed by atoms with Gasteiger partial charge < -0.3 is 10.6 Å². The predicted molar refractivity (Wildman–Crippen MR) is 65.6 cm³/mol. The van der Waals surface area contributed by atoms with E-state index in [1.165, 1.54) is 6.42 Å². The molecule has 0 radical (unpaired) electrons. The molecule has 17 heavy (non-hydrogen) atoms. The first-order valence-corrected chi connectivity index (χ1v) is 6.20. The molecule has 0 aliphatic carbocycles. The zero-order valence-electron chi connectivity index (χ0n) is 10.5. The van der Waals surface area contributed by atoms with Crippen LogP contribution in [0.4, 0.5) is 0 Å². The zero-order valence-corrected chi connectivity index (χ0v) is 10.5. The summed E-state index contributed by atoms with van der Waals surface area (Å²) in [5.74, 6) is 0.102. The standard InChI is InChI=1S/C12H20N4O/c1-8-10(9(2)16-15-8)7-14-12(17)11-5-3-4-6-13-11/h11,13H,3-7H2,1-2H3,(H,14,17)(H,15,16). The number of hydrogen-bond donors (Lipinski definition) is 3. The van der Waals surface area contributed by atoms with E-state index < -0.39 is 0 Å². The molecule has 1 aliphatic heterocycles. The second kappa shape index (κ2) is 5.31. The van der Waals surface area contributed by atoms with Crippen LogP contribution in [0.2, 0.25) is 0 Å². The van der Waals surface area contributed by atoms with Gasteiger partial charge in [0.2, 0.25) is 5.91 Å². The average molecular weight is 236 g/mol. The lowest BCUT2D eigenvalue weighted by Gasteiger charge is -2.22. The summed E-state index contributed by atoms with van der Waals surface area (Å²) in [6.45, 7) is 5.43. The van der Waals surface area contributed by atoms with Crippen molar-refractivity contribution in [3.63, 3.8) is 0 Å². The van der Waals surface area contributed by atoms with Crippen LogP contribution in [-0.4, -0.2) is 28.7 Å². The fraction of sp³-hybridized carbons (Fsp3) is 0.667. The molecular weight excluding hydrogens is 216 g/mol. The SMILES string of the molecule is Cc1n[nH]c(C)c1CNC(=O)C1CCCCN1. The van der Waals surface area contributed by atoms with Gasteiger partial charge in [-0.25, -0.2) is 0 Å². The molecule has 1 amide bonds. The van der Waals surface area contributed by atoms with Crippen molar-refractivity contribution in [3.8, 4) is 0 Å². The van der Waals surface area contributed by atoms with Gasteiger partial charge in [0.25, 0.3) is 0 Å². The van der Waals surface area contributed by atoms with Crippen LogP contribution in [0, 0.1) is 13.8 Å². The fourth-order valence-electron chi connectivity index (χ4n) is 2.21. The third kappa shape index (κ3) is 2.85. The molecule has 1 aliphatic rings. The van der Waals surface area contributed by atoms with Gasteiger partial charge in [-0.1, -0.05) is 6.42 Å². The smallest absolute Gasteiger partial charge is 0.237 e. The van der Waals surface area contributed by atoms with Crippen molar-refractivity contribution in [2.45, 2.75) is 45.7 Å². The summed E-state index contributed by atoms with van der Waals surface area (Å²) in [6.07, 6.45) is 3.24. The molecule has 94 valence electrons. The normalized spacial score (nSPS) is 20.2. The van der Waals surface area contributed by atoms with Crippen molar-refractivity contribution in [1.29, 1.82) is 0 Å². The molecule has 2 heterocycles. The van der Waals surface area contributed by atoms with Crippen molar-refractivity contribution < 1.29 is 4.79 Å². The lowest BCUT2D eigenvalue weighted by Crippen LogP contribution is -2.46. The predicted octanol–water partition coefficient (Wildman–Crippen LogP) is 0.785. The van der Waals surface area contributed by atoms with E-state index in [-0.39, 0.29) is 11.9 Å². The minimum absolute atomic E-state index is 0.0173. The minimum atomic E-state index is -0.0173. The van der Waals surface area contributed by atoms with Gasteiger partial charge in [-0.05, 0) is 33.2 Å². The topological polar surface area (TPSA) is 69.8 Å². The van der Waals surface area contributed by atoms with Gasteiger partial charge in [0.1, 0.15) is 0 Å². The van der Waals surface area contributed by atoms with Crippen molar-refractivity contribution in [2.75, 3.05) is 6.54 Å². The van der Waals surface area contributed by atoms with Gasteiger partial charge >= 0.3 is 0 Å². The number of amides is 1. The Morgan fingerprint density at radius 2 is 2.29 bits per heavy atom. The van der Waals surface area contributed by atoms with Crippen molar-refractivity contribution in [1.82, 2.24) is 20.8 Å². The first kappa shape index (κ1) is 12.1. The van der Waals surface area contributed by atoms with Crippen molar-refractivity contribution in [3.05, 3.63) is 17.0 Å². The van der Waals surface area contributed by atoms with Crippen LogP contribution in [0.15, 0.2) is 0 Å². The molecule has 1 unspecified atom stereocenters. The number of carbonyl (C=O) groups excluding carboxylic acids is 1. The molecule has 1 aromatic rings. The number of carbonyl (C=O) groups is 1. The maximum absolute atomic E-state index is 11.9. The number of aromatic nitrogens is 2. The molecule has 2 rings (SSSR count). The van der Waals surface area contributed by atoms with E-state index in [1.54, 1.807) is 0 Å². The molecule has 5 heteroatoms. The highest BCUT2D eigenvalue weighted by molar-refractivity contribution is 5.81. The number of rotatable bonds is 3. The molecule has 1 fully saturated rings. The highest BCUT2D eigenvalue weighted by Crippen LogP contribution is 2.10. The summed E-state index contributed by atoms with van der Waals surface area (Å²) >= 11 is 0. The zero-order chi connectivity index (χ0) is 12.3. The number of aromatic amines is 1. The number of aryl methyl sites for hydroxylation is 2. The highest BCUT2D eigenvalue weighted by Gasteiger charge is 2.20. The summed E-state index contributed by atoms with van der Waals surface area (Å²) in [5, 5.41) is 13.3. The monoisotopic (exact) mass is 236 g/mol. The molecule has 0 saturated carbocycles. The van der Waals surface area contributed by atoms with E-state index >= 15 is 0 Å². The summed E-state index contributed by atoms with van der Waals surface area (Å²) < 4.78 is 0. The average Bonchev–Trinajstić information content (AvgIpc) is 2.67. The molecule has 0 bridgehead atoms. The number of H-pyrrole nitrogens is 1. The van der Waals surface area contributed by atoms with Gasteiger partial charge in [-0.2, -0.15) is 5.10 Å². The molecular formula is C12H20N4O. The Morgan fingerprint density at radius 3 is 2.88 bits per heavy atom. The van der Waals surface area contributed by atoms with Crippen LogP contribution in [0.5, 0.6) is 0 Å². The Kier molecular flexibility index (Phi) is 3.78. The first-order valence-electron chi connectivity index (χ1n) is 6.20. The molecule has 0 spiro atoms. The van der Waals surface area contributed by atoms with Crippen LogP contribution in [0.1, 0.15) is 36.2 Å². The maximum atomic E-state index is 11.9. The second-order valence-electron chi connectivity index (χ2n) is 4.63. The van der Waals surface area contributed by atoms with Gasteiger partial charge in [0.15, 0.2) is 0 Å². The number of nitrogens with zero attached hydrogens (tertiary/aromatic N) is 1. The maximum Gasteiger partial charge on any atom is 0.237 e. The van der Waals surface area contributed by atoms with Crippen LogP contribution in [-0.2, 0) is 11.3 Å². The molecule has 1 saturated heterocycles. The van der Waals surface area contributed by atoms with Crippen LogP contribution in [0.3, 0.4) is 0 Å². The van der Waals surface area contributed by atoms with E-state index in [0.29, 0.717) is 6.54 Å². The van der Waals surface area contributed by atoms with E-state index in [0.717, 1.165) is 36.3 Å². The van der Waals surface area contributed by atoms with Crippen LogP contribution >= 0.6 is 0 Å². The van der Waals surface area contributed by atoms with Crippen molar-refractivity contribution >= 4 is 5.91 Å². The Bertz CT molecular complexity index is 374. The largest absolute Gasteiger partial charge is 0.351 e. The van der Waals surface area contributed by atoms with Gasteiger partial charge in [-0.3, -0.25) is 9.89 Å². The van der Waals surface area contributed by atoms with Crippen LogP contribution < -0.4 is 10.6 Å². The van der Waals surface area contributed by atoms with Gasteiger partial charge in [0, 0.05) is 17.8 Å². The Hall–Kier alpha value is -1.36. The second-order valence-corrected chi connectivity index (χ2v) is 4.63. The van der Waals surface area contributed by atoms with E-state index in [2.05, 4.69) is 20.8 Å². The lowest BCUT2D eigenvalue weighted by atomic mass is 10.0. The minimum Gasteiger partial charge on any atom is -0.351 e. The summed E-state index contributed by atoms with van der Waals surface area (Å²) in [5.41, 5.74) is 3.08. The summed E-state index contributed by atoms with van der Waals surface area (Å²) in [6, 6.07) is -0.0173. The third-order valence-electron chi connectivity index (χ3n) is 3.35. The third-order valence-corrected chi connectivity index (χ3v) is 3.35. The summed E-state index contributed by atoms with van der Waals surface area (Å²) in [7, 11) is 0. The number of hydrogen-bond acceptors (Lipinski definition) is 3. The first-order chi connectivity index (χ1) is 8.18. The van der Waals surface area contributed by atoms with Gasteiger partial charge in [-0.15, -0.1) is 0 Å². The number of nitrogens with one attached hydrogen (secondary N) is 3. The molecule has 0 aromatic carbocycles. The van der Waals surface area contributed by atoms with Gasteiger partial charge in [0.05, 0.1) is 11.7 Å². The molecule has 1 atom stereocenters. The quantitative estimate of drug-likeness (QED) is 0.726. The van der Waals surface area contributed by atoms with Crippen LogP contribution in [0.25, 0.3) is 0 Å². The molecule has 5 nitrogen and oxygen atoms in total. The lowest BCUT2D eigenvalue weighted by molar-refractivity contribution is -0.123. The fourth-order valence-corrected chi connectivity index (χ4v) is 2.21.